The van der Waals surface area contributed by atoms with Crippen molar-refractivity contribution in [2.45, 2.75) is 52.5 Å². The summed E-state index contributed by atoms with van der Waals surface area (Å²) < 4.78 is 2.42. The molecule has 0 aliphatic carbocycles. The van der Waals surface area contributed by atoms with Gasteiger partial charge in [0.15, 0.2) is 0 Å². The average Bonchev–Trinajstić information content (AvgIpc) is 2.86. The second-order valence-corrected chi connectivity index (χ2v) is 5.82. The zero-order valence-electron chi connectivity index (χ0n) is 12.9. The number of aromatic nitrogens is 1. The predicted octanol–water partition coefficient (Wildman–Crippen LogP) is 4.36. The fourth-order valence-electron chi connectivity index (χ4n) is 2.93. The molecule has 0 radical (unpaired) electrons. The minimum absolute atomic E-state index is 0.723. The number of unbranched alkanes of at least 4 members (excludes halogenated alkanes) is 1. The largest absolute Gasteiger partial charge is 0.347 e. The standard InChI is InChI=1S/C18H28N2/c1-3-5-6-15(4-2)14-20-12-10-17-13-16(9-11-19)7-8-18(17)20/h7-8,10,12-13,15H,3-6,9,11,14,19H2,1-2H3. The third-order valence-corrected chi connectivity index (χ3v) is 4.27. The lowest BCUT2D eigenvalue weighted by Crippen LogP contribution is -2.09. The van der Waals surface area contributed by atoms with Crippen molar-refractivity contribution in [2.24, 2.45) is 11.7 Å². The third kappa shape index (κ3) is 3.63. The van der Waals surface area contributed by atoms with Crippen molar-refractivity contribution in [3.63, 3.8) is 0 Å². The molecule has 0 saturated heterocycles. The predicted molar refractivity (Wildman–Crippen MR) is 88.0 cm³/mol. The molecule has 0 saturated carbocycles. The number of nitrogens with zero attached hydrogens (tertiary/aromatic N) is 1. The van der Waals surface area contributed by atoms with Gasteiger partial charge in [0, 0.05) is 18.3 Å². The molecule has 0 fully saturated rings. The Hall–Kier alpha value is -1.28. The van der Waals surface area contributed by atoms with Gasteiger partial charge < -0.3 is 10.3 Å². The SMILES string of the molecule is CCCCC(CC)Cn1ccc2cc(CCN)ccc21. The summed E-state index contributed by atoms with van der Waals surface area (Å²) in [5, 5.41) is 1.35. The molecule has 0 bridgehead atoms. The van der Waals surface area contributed by atoms with Crippen LogP contribution in [0.3, 0.4) is 0 Å². The Morgan fingerprint density at radius 1 is 1.20 bits per heavy atom. The fraction of sp³-hybridized carbons (Fsp3) is 0.556. The van der Waals surface area contributed by atoms with Gasteiger partial charge in [-0.3, -0.25) is 0 Å². The zero-order chi connectivity index (χ0) is 14.4. The van der Waals surface area contributed by atoms with Crippen molar-refractivity contribution in [1.29, 1.82) is 0 Å². The maximum atomic E-state index is 5.64. The number of benzene rings is 1. The summed E-state index contributed by atoms with van der Waals surface area (Å²) in [6, 6.07) is 9.00. The molecular formula is C18H28N2. The molecule has 2 aromatic rings. The van der Waals surface area contributed by atoms with Crippen molar-refractivity contribution >= 4 is 10.9 Å². The molecular weight excluding hydrogens is 244 g/mol. The molecule has 0 spiro atoms. The van der Waals surface area contributed by atoms with Gasteiger partial charge in [0.1, 0.15) is 0 Å². The third-order valence-electron chi connectivity index (χ3n) is 4.27. The average molecular weight is 272 g/mol. The smallest absolute Gasteiger partial charge is 0.0480 e. The van der Waals surface area contributed by atoms with Gasteiger partial charge in [-0.2, -0.15) is 0 Å². The molecule has 2 heteroatoms. The van der Waals surface area contributed by atoms with Crippen LogP contribution in [0.1, 0.15) is 45.1 Å². The minimum Gasteiger partial charge on any atom is -0.347 e. The van der Waals surface area contributed by atoms with E-state index in [0.717, 1.165) is 25.4 Å². The first kappa shape index (κ1) is 15.1. The highest BCUT2D eigenvalue weighted by Gasteiger charge is 2.09. The van der Waals surface area contributed by atoms with E-state index in [-0.39, 0.29) is 0 Å². The normalized spacial score (nSPS) is 12.9. The molecule has 0 aliphatic rings. The van der Waals surface area contributed by atoms with Gasteiger partial charge in [0.2, 0.25) is 0 Å². The van der Waals surface area contributed by atoms with Crippen molar-refractivity contribution < 1.29 is 0 Å². The van der Waals surface area contributed by atoms with Crippen molar-refractivity contribution in [2.75, 3.05) is 6.54 Å². The van der Waals surface area contributed by atoms with Gasteiger partial charge in [-0.25, -0.2) is 0 Å². The molecule has 0 aliphatic heterocycles. The Balaban J connectivity index is 2.14. The summed E-state index contributed by atoms with van der Waals surface area (Å²) in [5.74, 6) is 0.800. The van der Waals surface area contributed by atoms with Crippen LogP contribution in [-0.4, -0.2) is 11.1 Å². The van der Waals surface area contributed by atoms with Crippen LogP contribution < -0.4 is 5.73 Å². The number of nitrogens with two attached hydrogens (primary N) is 1. The zero-order valence-corrected chi connectivity index (χ0v) is 12.9. The quantitative estimate of drug-likeness (QED) is 0.760. The Morgan fingerprint density at radius 3 is 2.75 bits per heavy atom. The molecule has 1 aromatic carbocycles. The van der Waals surface area contributed by atoms with E-state index in [9.17, 15) is 0 Å². The molecule has 20 heavy (non-hydrogen) atoms. The summed E-state index contributed by atoms with van der Waals surface area (Å²) >= 11 is 0. The summed E-state index contributed by atoms with van der Waals surface area (Å²) in [7, 11) is 0. The first-order valence-electron chi connectivity index (χ1n) is 8.06. The van der Waals surface area contributed by atoms with E-state index in [1.54, 1.807) is 0 Å². The van der Waals surface area contributed by atoms with Crippen LogP contribution in [0.15, 0.2) is 30.5 Å². The molecule has 1 heterocycles. The Bertz CT molecular complexity index is 527. The van der Waals surface area contributed by atoms with Gasteiger partial charge in [0.05, 0.1) is 0 Å². The van der Waals surface area contributed by atoms with Crippen LogP contribution in [0.5, 0.6) is 0 Å². The van der Waals surface area contributed by atoms with E-state index < -0.39 is 0 Å². The highest BCUT2D eigenvalue weighted by Crippen LogP contribution is 2.22. The van der Waals surface area contributed by atoms with Gasteiger partial charge >= 0.3 is 0 Å². The summed E-state index contributed by atoms with van der Waals surface area (Å²) in [5.41, 5.74) is 8.34. The van der Waals surface area contributed by atoms with E-state index in [2.05, 4.69) is 48.9 Å². The number of hydrogen-bond donors (Lipinski definition) is 1. The topological polar surface area (TPSA) is 30.9 Å². The lowest BCUT2D eigenvalue weighted by Gasteiger charge is -2.16. The second-order valence-electron chi connectivity index (χ2n) is 5.82. The number of fused-ring (bicyclic) bond motifs is 1. The van der Waals surface area contributed by atoms with Gasteiger partial charge in [-0.15, -0.1) is 0 Å². The first-order chi connectivity index (χ1) is 9.78. The van der Waals surface area contributed by atoms with Gasteiger partial charge in [-0.1, -0.05) is 39.2 Å². The summed E-state index contributed by atoms with van der Waals surface area (Å²) in [4.78, 5) is 0. The van der Waals surface area contributed by atoms with Crippen molar-refractivity contribution in [1.82, 2.24) is 4.57 Å². The molecule has 2 N–H and O–H groups in total. The Labute approximate surface area is 123 Å². The molecule has 2 rings (SSSR count). The fourth-order valence-corrected chi connectivity index (χ4v) is 2.93. The molecule has 110 valence electrons. The number of hydrogen-bond acceptors (Lipinski definition) is 1. The van der Waals surface area contributed by atoms with E-state index >= 15 is 0 Å². The molecule has 2 nitrogen and oxygen atoms in total. The lowest BCUT2D eigenvalue weighted by molar-refractivity contribution is 0.396. The monoisotopic (exact) mass is 272 g/mol. The van der Waals surface area contributed by atoms with Crippen LogP contribution in [0, 0.1) is 5.92 Å². The van der Waals surface area contributed by atoms with Crippen molar-refractivity contribution in [3.05, 3.63) is 36.0 Å². The van der Waals surface area contributed by atoms with E-state index in [0.29, 0.717) is 0 Å². The van der Waals surface area contributed by atoms with E-state index in [1.807, 2.05) is 0 Å². The molecule has 0 amide bonds. The Kier molecular flexibility index (Phi) is 5.66. The molecule has 1 unspecified atom stereocenters. The van der Waals surface area contributed by atoms with Gasteiger partial charge in [0.25, 0.3) is 0 Å². The molecule has 1 aromatic heterocycles. The minimum atomic E-state index is 0.723. The highest BCUT2D eigenvalue weighted by atomic mass is 15.0. The summed E-state index contributed by atoms with van der Waals surface area (Å²) in [6.45, 7) is 6.46. The molecule has 1 atom stereocenters. The maximum Gasteiger partial charge on any atom is 0.0480 e. The highest BCUT2D eigenvalue weighted by molar-refractivity contribution is 5.80. The van der Waals surface area contributed by atoms with E-state index in [4.69, 9.17) is 5.73 Å². The lowest BCUT2D eigenvalue weighted by atomic mass is 9.99. The van der Waals surface area contributed by atoms with Gasteiger partial charge in [-0.05, 0) is 54.5 Å². The summed E-state index contributed by atoms with van der Waals surface area (Å²) in [6.07, 6.45) is 8.47. The van der Waals surface area contributed by atoms with Crippen LogP contribution in [-0.2, 0) is 13.0 Å². The van der Waals surface area contributed by atoms with Crippen LogP contribution in [0.4, 0.5) is 0 Å². The van der Waals surface area contributed by atoms with E-state index in [1.165, 1.54) is 42.1 Å². The second kappa shape index (κ2) is 7.49. The maximum absolute atomic E-state index is 5.64. The Morgan fingerprint density at radius 2 is 2.05 bits per heavy atom. The first-order valence-corrected chi connectivity index (χ1v) is 8.06. The van der Waals surface area contributed by atoms with Crippen LogP contribution in [0.2, 0.25) is 0 Å². The van der Waals surface area contributed by atoms with Crippen LogP contribution >= 0.6 is 0 Å². The van der Waals surface area contributed by atoms with Crippen LogP contribution in [0.25, 0.3) is 10.9 Å². The number of rotatable bonds is 8. The van der Waals surface area contributed by atoms with Crippen molar-refractivity contribution in [3.8, 4) is 0 Å².